The van der Waals surface area contributed by atoms with Crippen LogP contribution in [-0.4, -0.2) is 84.4 Å². The molecule has 0 aliphatic carbocycles. The van der Waals surface area contributed by atoms with E-state index in [0.29, 0.717) is 31.1 Å². The summed E-state index contributed by atoms with van der Waals surface area (Å²) < 4.78 is 10.7. The van der Waals surface area contributed by atoms with E-state index in [9.17, 15) is 9.90 Å². The minimum atomic E-state index is -1.03. The summed E-state index contributed by atoms with van der Waals surface area (Å²) in [7, 11) is 1.52. The Bertz CT molecular complexity index is 577. The van der Waals surface area contributed by atoms with Crippen LogP contribution < -0.4 is 4.74 Å². The summed E-state index contributed by atoms with van der Waals surface area (Å²) in [5, 5.41) is 11.0. The van der Waals surface area contributed by atoms with Gasteiger partial charge in [-0.1, -0.05) is 0 Å². The van der Waals surface area contributed by atoms with Gasteiger partial charge in [-0.15, -0.1) is 0 Å². The maximum Gasteiger partial charge on any atom is 0.254 e. The number of amides is 1. The maximum atomic E-state index is 12.8. The smallest absolute Gasteiger partial charge is 0.254 e. The van der Waals surface area contributed by atoms with Crippen molar-refractivity contribution in [1.82, 2.24) is 14.8 Å². The Hall–Kier alpha value is -1.70. The number of rotatable bonds is 4. The number of hydrogen-bond acceptors (Lipinski definition) is 6. The number of ether oxygens (including phenoxy) is 2. The summed E-state index contributed by atoms with van der Waals surface area (Å²) in [6.07, 6.45) is 3.88. The summed E-state index contributed by atoms with van der Waals surface area (Å²) in [6.45, 7) is 3.95. The molecule has 3 heterocycles. The zero-order valence-electron chi connectivity index (χ0n) is 14.1. The maximum absolute atomic E-state index is 12.8. The molecule has 0 spiro atoms. The summed E-state index contributed by atoms with van der Waals surface area (Å²) in [6, 6.07) is 3.28. The molecule has 1 atom stereocenters. The van der Waals surface area contributed by atoms with Crippen LogP contribution in [0.3, 0.4) is 0 Å². The highest BCUT2D eigenvalue weighted by atomic mass is 16.5. The van der Waals surface area contributed by atoms with Crippen molar-refractivity contribution < 1.29 is 19.4 Å². The van der Waals surface area contributed by atoms with Gasteiger partial charge in [-0.3, -0.25) is 4.79 Å². The van der Waals surface area contributed by atoms with Crippen molar-refractivity contribution in [1.29, 1.82) is 0 Å². The molecule has 1 amide bonds. The molecule has 3 rings (SSSR count). The van der Waals surface area contributed by atoms with Crippen molar-refractivity contribution in [2.24, 2.45) is 0 Å². The van der Waals surface area contributed by atoms with Crippen molar-refractivity contribution in [3.63, 3.8) is 0 Å². The van der Waals surface area contributed by atoms with Gasteiger partial charge in [-0.25, -0.2) is 4.98 Å². The molecule has 0 bridgehead atoms. The lowest BCUT2D eigenvalue weighted by atomic mass is 10.0. The first-order chi connectivity index (χ1) is 11.6. The van der Waals surface area contributed by atoms with E-state index in [2.05, 4.69) is 9.88 Å². The lowest BCUT2D eigenvalue weighted by Gasteiger charge is -2.34. The molecule has 1 N–H and O–H groups in total. The molecule has 0 saturated carbocycles. The van der Waals surface area contributed by atoms with Gasteiger partial charge in [0.25, 0.3) is 5.91 Å². The SMILES string of the molecule is COc1cc(C(=O)N2CCOC[C@](O)(CN3CCCC3)C2)ccn1. The van der Waals surface area contributed by atoms with Gasteiger partial charge >= 0.3 is 0 Å². The van der Waals surface area contributed by atoms with E-state index in [4.69, 9.17) is 9.47 Å². The van der Waals surface area contributed by atoms with Crippen molar-refractivity contribution >= 4 is 5.91 Å². The van der Waals surface area contributed by atoms with Crippen LogP contribution in [0, 0.1) is 0 Å². The fourth-order valence-corrected chi connectivity index (χ4v) is 3.38. The van der Waals surface area contributed by atoms with E-state index >= 15 is 0 Å². The topological polar surface area (TPSA) is 75.1 Å². The van der Waals surface area contributed by atoms with Crippen molar-refractivity contribution in [2.75, 3.05) is 53.0 Å². The standard InChI is InChI=1S/C17H25N3O4/c1-23-15-10-14(4-5-18-15)16(21)20-8-9-24-13-17(22,12-20)11-19-6-2-3-7-19/h4-5,10,22H,2-3,6-9,11-13H2,1H3/t17-/m0/s1. The number of methoxy groups -OCH3 is 1. The van der Waals surface area contributed by atoms with Crippen LogP contribution in [0.25, 0.3) is 0 Å². The van der Waals surface area contributed by atoms with Gasteiger partial charge in [0.1, 0.15) is 5.60 Å². The second-order valence-corrected chi connectivity index (χ2v) is 6.57. The molecule has 24 heavy (non-hydrogen) atoms. The molecule has 2 aliphatic rings. The van der Waals surface area contributed by atoms with E-state index in [1.807, 2.05) is 0 Å². The Kier molecular flexibility index (Phi) is 5.33. The molecule has 2 fully saturated rings. The second-order valence-electron chi connectivity index (χ2n) is 6.57. The molecule has 1 aromatic heterocycles. The zero-order chi connectivity index (χ0) is 17.0. The number of nitrogens with zero attached hydrogens (tertiary/aromatic N) is 3. The van der Waals surface area contributed by atoms with Crippen LogP contribution >= 0.6 is 0 Å². The Morgan fingerprint density at radius 3 is 2.96 bits per heavy atom. The third kappa shape index (κ3) is 4.03. The third-order valence-corrected chi connectivity index (χ3v) is 4.56. The van der Waals surface area contributed by atoms with Gasteiger partial charge < -0.3 is 24.4 Å². The predicted molar refractivity (Wildman–Crippen MR) is 88.1 cm³/mol. The lowest BCUT2D eigenvalue weighted by molar-refractivity contribution is -0.0524. The van der Waals surface area contributed by atoms with Gasteiger partial charge in [0.15, 0.2) is 0 Å². The fraction of sp³-hybridized carbons (Fsp3) is 0.647. The first-order valence-corrected chi connectivity index (χ1v) is 8.41. The molecule has 2 saturated heterocycles. The van der Waals surface area contributed by atoms with Gasteiger partial charge in [-0.05, 0) is 32.0 Å². The van der Waals surface area contributed by atoms with E-state index in [0.717, 1.165) is 25.9 Å². The molecule has 132 valence electrons. The number of β-amino-alcohol motifs (C(OH)–C–C–N with tert-alkyl or cyclic N) is 1. The Morgan fingerprint density at radius 1 is 1.42 bits per heavy atom. The average Bonchev–Trinajstić information content (AvgIpc) is 3.01. The minimum absolute atomic E-state index is 0.138. The number of carbonyl (C=O) groups is 1. The molecule has 0 aromatic carbocycles. The highest BCUT2D eigenvalue weighted by Gasteiger charge is 2.36. The Morgan fingerprint density at radius 2 is 2.21 bits per heavy atom. The van der Waals surface area contributed by atoms with E-state index in [1.54, 1.807) is 23.2 Å². The van der Waals surface area contributed by atoms with Crippen molar-refractivity contribution in [3.05, 3.63) is 23.9 Å². The number of likely N-dealkylation sites (tertiary alicyclic amines) is 1. The minimum Gasteiger partial charge on any atom is -0.481 e. The Balaban J connectivity index is 1.72. The highest BCUT2D eigenvalue weighted by Crippen LogP contribution is 2.20. The fourth-order valence-electron chi connectivity index (χ4n) is 3.38. The summed E-state index contributed by atoms with van der Waals surface area (Å²) in [5.41, 5.74) is -0.527. The molecule has 0 radical (unpaired) electrons. The highest BCUT2D eigenvalue weighted by molar-refractivity contribution is 5.94. The predicted octanol–water partition coefficient (Wildman–Crippen LogP) is 0.389. The van der Waals surface area contributed by atoms with Crippen molar-refractivity contribution in [2.45, 2.75) is 18.4 Å². The van der Waals surface area contributed by atoms with E-state index in [1.165, 1.54) is 7.11 Å². The molecular formula is C17H25N3O4. The number of pyridine rings is 1. The summed E-state index contributed by atoms with van der Waals surface area (Å²) in [5.74, 6) is 0.264. The van der Waals surface area contributed by atoms with E-state index in [-0.39, 0.29) is 19.1 Å². The van der Waals surface area contributed by atoms with Gasteiger partial charge in [0.05, 0.1) is 26.9 Å². The Labute approximate surface area is 142 Å². The van der Waals surface area contributed by atoms with Crippen LogP contribution in [0.5, 0.6) is 5.88 Å². The molecule has 0 unspecified atom stereocenters. The average molecular weight is 335 g/mol. The van der Waals surface area contributed by atoms with Gasteiger partial charge in [0.2, 0.25) is 5.88 Å². The van der Waals surface area contributed by atoms with Crippen LogP contribution in [-0.2, 0) is 4.74 Å². The largest absolute Gasteiger partial charge is 0.481 e. The second kappa shape index (κ2) is 7.46. The van der Waals surface area contributed by atoms with Crippen LogP contribution in [0.4, 0.5) is 0 Å². The number of aromatic nitrogens is 1. The lowest BCUT2D eigenvalue weighted by Crippen LogP contribution is -2.53. The third-order valence-electron chi connectivity index (χ3n) is 4.56. The van der Waals surface area contributed by atoms with E-state index < -0.39 is 5.60 Å². The van der Waals surface area contributed by atoms with Crippen LogP contribution in [0.2, 0.25) is 0 Å². The quantitative estimate of drug-likeness (QED) is 0.858. The zero-order valence-corrected chi connectivity index (χ0v) is 14.1. The molecule has 2 aliphatic heterocycles. The summed E-state index contributed by atoms with van der Waals surface area (Å²) in [4.78, 5) is 20.7. The first kappa shape index (κ1) is 17.1. The molecule has 1 aromatic rings. The number of hydrogen-bond donors (Lipinski definition) is 1. The molecule has 7 heteroatoms. The first-order valence-electron chi connectivity index (χ1n) is 8.41. The monoisotopic (exact) mass is 335 g/mol. The molecule has 7 nitrogen and oxygen atoms in total. The number of carbonyl (C=O) groups excluding carboxylic acids is 1. The van der Waals surface area contributed by atoms with Crippen LogP contribution in [0.15, 0.2) is 18.3 Å². The normalized spacial score (nSPS) is 25.5. The number of aliphatic hydroxyl groups is 1. The van der Waals surface area contributed by atoms with Crippen molar-refractivity contribution in [3.8, 4) is 5.88 Å². The van der Waals surface area contributed by atoms with Gasteiger partial charge in [0, 0.05) is 30.9 Å². The van der Waals surface area contributed by atoms with Crippen LogP contribution in [0.1, 0.15) is 23.2 Å². The molecular weight excluding hydrogens is 310 g/mol. The summed E-state index contributed by atoms with van der Waals surface area (Å²) >= 11 is 0. The van der Waals surface area contributed by atoms with Gasteiger partial charge in [-0.2, -0.15) is 0 Å².